The van der Waals surface area contributed by atoms with Gasteiger partial charge in [-0.3, -0.25) is 9.69 Å². The van der Waals surface area contributed by atoms with Crippen molar-refractivity contribution < 1.29 is 36.4 Å². The van der Waals surface area contributed by atoms with Crippen LogP contribution in [-0.2, 0) is 14.1 Å². The molecule has 28 heavy (non-hydrogen) atoms. The normalized spacial score (nSPS) is 20.2. The first kappa shape index (κ1) is 22.6. The number of rotatable bonds is 5. The summed E-state index contributed by atoms with van der Waals surface area (Å²) < 4.78 is 65.8. The van der Waals surface area contributed by atoms with Crippen molar-refractivity contribution in [2.45, 2.75) is 44.8 Å². The first-order valence-electron chi connectivity index (χ1n) is 8.57. The smallest absolute Gasteiger partial charge is 0.410 e. The molecule has 0 N–H and O–H groups in total. The second-order valence-corrected chi connectivity index (χ2v) is 8.51. The van der Waals surface area contributed by atoms with Crippen molar-refractivity contribution in [3.8, 4) is 0 Å². The highest BCUT2D eigenvalue weighted by Crippen LogP contribution is 2.37. The van der Waals surface area contributed by atoms with Crippen molar-refractivity contribution in [3.63, 3.8) is 0 Å². The highest BCUT2D eigenvalue weighted by atomic mass is 31.1. The Morgan fingerprint density at radius 3 is 2.25 bits per heavy atom. The lowest BCUT2D eigenvalue weighted by Crippen LogP contribution is -2.44. The van der Waals surface area contributed by atoms with Gasteiger partial charge in [0.25, 0.3) is 0 Å². The number of carbonyl (C=O) groups excluding carboxylic acids is 2. The van der Waals surface area contributed by atoms with E-state index >= 15 is 0 Å². The van der Waals surface area contributed by atoms with E-state index in [1.54, 1.807) is 20.8 Å². The molecule has 0 aliphatic carbocycles. The van der Waals surface area contributed by atoms with E-state index in [0.29, 0.717) is 0 Å². The summed E-state index contributed by atoms with van der Waals surface area (Å²) in [6, 6.07) is -0.912. The quantitative estimate of drug-likeness (QED) is 0.406. The Morgan fingerprint density at radius 1 is 1.18 bits per heavy atom. The van der Waals surface area contributed by atoms with E-state index < -0.39 is 52.5 Å². The summed E-state index contributed by atoms with van der Waals surface area (Å²) in [5, 5.41) is 0. The lowest BCUT2D eigenvalue weighted by molar-refractivity contribution is -0.120. The Labute approximate surface area is 162 Å². The van der Waals surface area contributed by atoms with Crippen LogP contribution in [-0.4, -0.2) is 48.2 Å². The summed E-state index contributed by atoms with van der Waals surface area (Å²) in [4.78, 5) is 26.1. The first-order chi connectivity index (χ1) is 13.0. The fraction of sp³-hybridized carbons (Fsp3) is 0.556. The van der Waals surface area contributed by atoms with Crippen LogP contribution < -0.4 is 0 Å². The standard InChI is InChI=1S/C18H22F4NO4P/c1-18(2,3)27-17(25)23-7-9(5-12(23)13(24)8-28-26-4)14-15(21)10(19)6-11(20)16(14)22/h6,9,12,28H,5,7-8H2,1-4H3. The molecule has 10 heteroatoms. The Kier molecular flexibility index (Phi) is 7.04. The summed E-state index contributed by atoms with van der Waals surface area (Å²) in [5.74, 6) is -7.61. The van der Waals surface area contributed by atoms with Gasteiger partial charge in [-0.05, 0) is 27.2 Å². The second-order valence-electron chi connectivity index (χ2n) is 7.45. The van der Waals surface area contributed by atoms with Gasteiger partial charge in [-0.15, -0.1) is 0 Å². The van der Waals surface area contributed by atoms with Crippen LogP contribution in [0.5, 0.6) is 0 Å². The Balaban J connectivity index is 2.38. The van der Waals surface area contributed by atoms with Gasteiger partial charge < -0.3 is 9.26 Å². The number of Topliss-reactive ketones (excluding diaryl/α,β-unsaturated/α-hetero) is 1. The fourth-order valence-electron chi connectivity index (χ4n) is 3.08. The summed E-state index contributed by atoms with van der Waals surface area (Å²) in [6.07, 6.45) is -1.02. The van der Waals surface area contributed by atoms with Crippen LogP contribution >= 0.6 is 8.81 Å². The van der Waals surface area contributed by atoms with Gasteiger partial charge in [-0.1, -0.05) is 0 Å². The van der Waals surface area contributed by atoms with Crippen molar-refractivity contribution in [2.24, 2.45) is 0 Å². The lowest BCUT2D eigenvalue weighted by Gasteiger charge is -2.28. The van der Waals surface area contributed by atoms with E-state index in [1.807, 2.05) is 0 Å². The number of halogens is 4. The number of ketones is 1. The predicted octanol–water partition coefficient (Wildman–Crippen LogP) is 4.15. The molecule has 0 aromatic heterocycles. The van der Waals surface area contributed by atoms with E-state index in [2.05, 4.69) is 0 Å². The summed E-state index contributed by atoms with van der Waals surface area (Å²) in [5.41, 5.74) is -1.67. The molecule has 3 unspecified atom stereocenters. The molecule has 1 aliphatic heterocycles. The molecule has 1 aromatic carbocycles. The molecule has 2 rings (SSSR count). The minimum absolute atomic E-state index is 0.00430. The van der Waals surface area contributed by atoms with Gasteiger partial charge in [0.2, 0.25) is 0 Å². The minimum Gasteiger partial charge on any atom is -0.444 e. The topological polar surface area (TPSA) is 55.8 Å². The van der Waals surface area contributed by atoms with Crippen LogP contribution in [0.15, 0.2) is 6.07 Å². The first-order valence-corrected chi connectivity index (χ1v) is 9.68. The second kappa shape index (κ2) is 8.74. The highest BCUT2D eigenvalue weighted by Gasteiger charge is 2.43. The zero-order valence-corrected chi connectivity index (χ0v) is 16.9. The monoisotopic (exact) mass is 423 g/mol. The van der Waals surface area contributed by atoms with Gasteiger partial charge in [-0.2, -0.15) is 0 Å². The zero-order valence-electron chi connectivity index (χ0n) is 15.9. The molecule has 0 spiro atoms. The molecule has 1 fully saturated rings. The van der Waals surface area contributed by atoms with Gasteiger partial charge in [0, 0.05) is 40.0 Å². The number of ether oxygens (including phenoxy) is 1. The number of benzene rings is 1. The van der Waals surface area contributed by atoms with Crippen molar-refractivity contribution in [1.29, 1.82) is 0 Å². The predicted molar refractivity (Wildman–Crippen MR) is 95.6 cm³/mol. The molecule has 5 nitrogen and oxygen atoms in total. The SMILES string of the molecule is COPCC(=O)C1CC(c2c(F)c(F)cc(F)c2F)CN1C(=O)OC(C)(C)C. The number of nitrogens with zero attached hydrogens (tertiary/aromatic N) is 1. The molecule has 1 aromatic rings. The fourth-order valence-corrected chi connectivity index (χ4v) is 3.61. The molecule has 156 valence electrons. The zero-order chi connectivity index (χ0) is 21.2. The third-order valence-electron chi connectivity index (χ3n) is 4.25. The van der Waals surface area contributed by atoms with Crippen LogP contribution in [0.25, 0.3) is 0 Å². The molecule has 1 heterocycles. The molecule has 3 atom stereocenters. The molecule has 1 saturated heterocycles. The molecule has 1 aliphatic rings. The van der Waals surface area contributed by atoms with Crippen molar-refractivity contribution in [2.75, 3.05) is 19.8 Å². The van der Waals surface area contributed by atoms with Crippen molar-refractivity contribution in [3.05, 3.63) is 34.9 Å². The maximum atomic E-state index is 14.2. The van der Waals surface area contributed by atoms with Gasteiger partial charge in [-0.25, -0.2) is 22.4 Å². The summed E-state index contributed by atoms with van der Waals surface area (Å²) in [7, 11) is 1.26. The number of carbonyl (C=O) groups is 2. The Bertz CT molecular complexity index is 743. The minimum atomic E-state index is -1.53. The van der Waals surface area contributed by atoms with Crippen LogP contribution in [0.2, 0.25) is 0 Å². The maximum absolute atomic E-state index is 14.2. The Hall–Kier alpha value is -1.73. The lowest BCUT2D eigenvalue weighted by atomic mass is 9.94. The number of hydrogen-bond acceptors (Lipinski definition) is 4. The summed E-state index contributed by atoms with van der Waals surface area (Å²) >= 11 is 0. The third kappa shape index (κ3) is 5.00. The van der Waals surface area contributed by atoms with Gasteiger partial charge in [0.15, 0.2) is 29.1 Å². The Morgan fingerprint density at radius 2 is 1.75 bits per heavy atom. The molecular weight excluding hydrogens is 401 g/mol. The molecular formula is C18H22F4NO4P. The van der Waals surface area contributed by atoms with Crippen LogP contribution in [0.4, 0.5) is 22.4 Å². The van der Waals surface area contributed by atoms with Crippen LogP contribution in [0.1, 0.15) is 38.7 Å². The molecule has 0 radical (unpaired) electrons. The number of hydrogen-bond donors (Lipinski definition) is 0. The number of likely N-dealkylation sites (tertiary alicyclic amines) is 1. The molecule has 0 bridgehead atoms. The maximum Gasteiger partial charge on any atom is 0.410 e. The van der Waals surface area contributed by atoms with Crippen molar-refractivity contribution >= 4 is 20.7 Å². The molecule has 0 saturated carbocycles. The largest absolute Gasteiger partial charge is 0.444 e. The van der Waals surface area contributed by atoms with E-state index in [1.165, 1.54) is 7.11 Å². The van der Waals surface area contributed by atoms with E-state index in [0.717, 1.165) is 4.90 Å². The van der Waals surface area contributed by atoms with E-state index in [-0.39, 0.29) is 39.8 Å². The van der Waals surface area contributed by atoms with E-state index in [4.69, 9.17) is 9.26 Å². The highest BCUT2D eigenvalue weighted by molar-refractivity contribution is 7.33. The average Bonchev–Trinajstić information content (AvgIpc) is 3.02. The van der Waals surface area contributed by atoms with Gasteiger partial charge in [0.05, 0.1) is 12.2 Å². The summed E-state index contributed by atoms with van der Waals surface area (Å²) in [6.45, 7) is 4.58. The van der Waals surface area contributed by atoms with Gasteiger partial charge in [0.1, 0.15) is 5.60 Å². The van der Waals surface area contributed by atoms with Crippen LogP contribution in [0, 0.1) is 23.3 Å². The number of amides is 1. The van der Waals surface area contributed by atoms with Gasteiger partial charge >= 0.3 is 6.09 Å². The van der Waals surface area contributed by atoms with Crippen LogP contribution in [0.3, 0.4) is 0 Å². The molecule has 1 amide bonds. The average molecular weight is 423 g/mol. The van der Waals surface area contributed by atoms with Crippen molar-refractivity contribution in [1.82, 2.24) is 4.90 Å². The van der Waals surface area contributed by atoms with E-state index in [9.17, 15) is 27.2 Å². The third-order valence-corrected chi connectivity index (χ3v) is 5.03.